The summed E-state index contributed by atoms with van der Waals surface area (Å²) in [5.74, 6) is -0.00183. The Kier molecular flexibility index (Phi) is 4.39. The number of carbonyl (C=O) groups excluding carboxylic acids is 1. The van der Waals surface area contributed by atoms with Crippen LogP contribution in [0.15, 0.2) is 18.2 Å². The normalized spacial score (nSPS) is 17.9. The number of amides is 1. The van der Waals surface area contributed by atoms with Crippen molar-refractivity contribution in [2.45, 2.75) is 18.8 Å². The molecule has 1 aromatic rings. The number of hydrogen-bond donors (Lipinski definition) is 1. The number of sulfonamides is 1. The molecule has 20 heavy (non-hydrogen) atoms. The van der Waals surface area contributed by atoms with E-state index in [-0.39, 0.29) is 11.8 Å². The van der Waals surface area contributed by atoms with Gasteiger partial charge < -0.3 is 5.32 Å². The zero-order chi connectivity index (χ0) is 14.8. The summed E-state index contributed by atoms with van der Waals surface area (Å²) in [7, 11) is -1.54. The maximum absolute atomic E-state index is 11.6. The Balaban J connectivity index is 2.09. The first kappa shape index (κ1) is 14.9. The van der Waals surface area contributed by atoms with Gasteiger partial charge in [-0.3, -0.25) is 4.79 Å². The van der Waals surface area contributed by atoms with Crippen LogP contribution in [0.2, 0.25) is 0 Å². The van der Waals surface area contributed by atoms with Crippen molar-refractivity contribution in [1.82, 2.24) is 14.6 Å². The van der Waals surface area contributed by atoms with Crippen molar-refractivity contribution in [2.24, 2.45) is 0 Å². The summed E-state index contributed by atoms with van der Waals surface area (Å²) in [5.41, 5.74) is 1.26. The fourth-order valence-electron chi connectivity index (χ4n) is 2.42. The van der Waals surface area contributed by atoms with E-state index < -0.39 is 10.0 Å². The SMILES string of the molecule is CNC(=O)c1cccc(C2CCN(S(C)(=O)=O)CC2)n1. The van der Waals surface area contributed by atoms with Crippen molar-refractivity contribution in [3.05, 3.63) is 29.6 Å². The molecule has 7 heteroatoms. The third-order valence-corrected chi connectivity index (χ3v) is 4.87. The molecule has 2 rings (SSSR count). The summed E-state index contributed by atoms with van der Waals surface area (Å²) in [5, 5.41) is 2.55. The van der Waals surface area contributed by atoms with Crippen LogP contribution in [0.25, 0.3) is 0 Å². The smallest absolute Gasteiger partial charge is 0.269 e. The Morgan fingerprint density at radius 1 is 1.35 bits per heavy atom. The number of piperidine rings is 1. The molecule has 0 saturated carbocycles. The topological polar surface area (TPSA) is 79.4 Å². The summed E-state index contributed by atoms with van der Waals surface area (Å²) in [4.78, 5) is 15.9. The number of nitrogens with one attached hydrogen (secondary N) is 1. The number of pyridine rings is 1. The fourth-order valence-corrected chi connectivity index (χ4v) is 3.29. The van der Waals surface area contributed by atoms with Gasteiger partial charge in [-0.05, 0) is 25.0 Å². The second kappa shape index (κ2) is 5.88. The van der Waals surface area contributed by atoms with E-state index in [1.54, 1.807) is 13.1 Å². The molecular weight excluding hydrogens is 278 g/mol. The molecule has 1 amide bonds. The number of aromatic nitrogens is 1. The van der Waals surface area contributed by atoms with Gasteiger partial charge in [-0.25, -0.2) is 17.7 Å². The average molecular weight is 297 g/mol. The molecule has 1 aromatic heterocycles. The molecular formula is C13H19N3O3S. The van der Waals surface area contributed by atoms with E-state index in [9.17, 15) is 13.2 Å². The zero-order valence-electron chi connectivity index (χ0n) is 11.7. The van der Waals surface area contributed by atoms with Gasteiger partial charge in [0, 0.05) is 31.7 Å². The third-order valence-electron chi connectivity index (χ3n) is 3.57. The monoisotopic (exact) mass is 297 g/mol. The maximum atomic E-state index is 11.6. The van der Waals surface area contributed by atoms with Crippen molar-refractivity contribution in [2.75, 3.05) is 26.4 Å². The first-order chi connectivity index (χ1) is 9.41. The van der Waals surface area contributed by atoms with E-state index in [4.69, 9.17) is 0 Å². The second-order valence-corrected chi connectivity index (χ2v) is 6.95. The van der Waals surface area contributed by atoms with Crippen molar-refractivity contribution in [1.29, 1.82) is 0 Å². The predicted molar refractivity (Wildman–Crippen MR) is 76.0 cm³/mol. The Hall–Kier alpha value is -1.47. The minimum absolute atomic E-state index is 0.206. The third kappa shape index (κ3) is 3.34. The molecule has 1 N–H and O–H groups in total. The van der Waals surface area contributed by atoms with E-state index in [0.717, 1.165) is 18.5 Å². The Morgan fingerprint density at radius 2 is 2.00 bits per heavy atom. The number of nitrogens with zero attached hydrogens (tertiary/aromatic N) is 2. The van der Waals surface area contributed by atoms with Gasteiger partial charge in [-0.2, -0.15) is 0 Å². The number of carbonyl (C=O) groups is 1. The molecule has 1 saturated heterocycles. The van der Waals surface area contributed by atoms with Gasteiger partial charge in [0.25, 0.3) is 5.91 Å². The molecule has 0 bridgehead atoms. The lowest BCUT2D eigenvalue weighted by atomic mass is 9.94. The quantitative estimate of drug-likeness (QED) is 0.885. The van der Waals surface area contributed by atoms with E-state index in [0.29, 0.717) is 18.8 Å². The molecule has 2 heterocycles. The lowest BCUT2D eigenvalue weighted by Gasteiger charge is -2.29. The molecule has 6 nitrogen and oxygen atoms in total. The molecule has 0 spiro atoms. The summed E-state index contributed by atoms with van der Waals surface area (Å²) in [6.45, 7) is 1.02. The van der Waals surface area contributed by atoms with Crippen LogP contribution in [0.4, 0.5) is 0 Å². The van der Waals surface area contributed by atoms with E-state index in [1.165, 1.54) is 10.6 Å². The highest BCUT2D eigenvalue weighted by Gasteiger charge is 2.26. The molecule has 0 aliphatic carbocycles. The van der Waals surface area contributed by atoms with Crippen LogP contribution in [-0.4, -0.2) is 50.0 Å². The van der Waals surface area contributed by atoms with E-state index in [2.05, 4.69) is 10.3 Å². The first-order valence-electron chi connectivity index (χ1n) is 6.56. The summed E-state index contributed by atoms with van der Waals surface area (Å²) in [6, 6.07) is 5.39. The first-order valence-corrected chi connectivity index (χ1v) is 8.41. The highest BCUT2D eigenvalue weighted by molar-refractivity contribution is 7.88. The molecule has 0 unspecified atom stereocenters. The molecule has 0 radical (unpaired) electrons. The zero-order valence-corrected chi connectivity index (χ0v) is 12.5. The van der Waals surface area contributed by atoms with Crippen LogP contribution in [-0.2, 0) is 10.0 Å². The highest BCUT2D eigenvalue weighted by atomic mass is 32.2. The molecule has 0 aromatic carbocycles. The minimum Gasteiger partial charge on any atom is -0.354 e. The van der Waals surface area contributed by atoms with Crippen molar-refractivity contribution in [3.8, 4) is 0 Å². The second-order valence-electron chi connectivity index (χ2n) is 4.96. The lowest BCUT2D eigenvalue weighted by molar-refractivity contribution is 0.0957. The lowest BCUT2D eigenvalue weighted by Crippen LogP contribution is -2.37. The van der Waals surface area contributed by atoms with Crippen LogP contribution in [0, 0.1) is 0 Å². The van der Waals surface area contributed by atoms with E-state index in [1.807, 2.05) is 12.1 Å². The van der Waals surface area contributed by atoms with Gasteiger partial charge in [-0.15, -0.1) is 0 Å². The van der Waals surface area contributed by atoms with Crippen molar-refractivity contribution >= 4 is 15.9 Å². The number of hydrogen-bond acceptors (Lipinski definition) is 4. The standard InChI is InChI=1S/C13H19N3O3S/c1-14-13(17)12-5-3-4-11(15-12)10-6-8-16(9-7-10)20(2,18)19/h3-5,10H,6-9H2,1-2H3,(H,14,17). The van der Waals surface area contributed by atoms with E-state index >= 15 is 0 Å². The largest absolute Gasteiger partial charge is 0.354 e. The highest BCUT2D eigenvalue weighted by Crippen LogP contribution is 2.27. The molecule has 1 aliphatic heterocycles. The summed E-state index contributed by atoms with van der Waals surface area (Å²) in [6.07, 6.45) is 2.70. The fraction of sp³-hybridized carbons (Fsp3) is 0.538. The molecule has 110 valence electrons. The predicted octanol–water partition coefficient (Wildman–Crippen LogP) is 0.580. The molecule has 0 atom stereocenters. The summed E-state index contributed by atoms with van der Waals surface area (Å²) < 4.78 is 24.4. The Morgan fingerprint density at radius 3 is 2.55 bits per heavy atom. The van der Waals surface area contributed by atoms with Gasteiger partial charge in [0.1, 0.15) is 5.69 Å². The Labute approximate surface area is 119 Å². The number of rotatable bonds is 3. The summed E-state index contributed by atoms with van der Waals surface area (Å²) >= 11 is 0. The Bertz CT molecular complexity index is 593. The van der Waals surface area contributed by atoms with Crippen LogP contribution in [0.3, 0.4) is 0 Å². The van der Waals surface area contributed by atoms with Crippen molar-refractivity contribution in [3.63, 3.8) is 0 Å². The van der Waals surface area contributed by atoms with Gasteiger partial charge >= 0.3 is 0 Å². The van der Waals surface area contributed by atoms with Crippen LogP contribution in [0.5, 0.6) is 0 Å². The van der Waals surface area contributed by atoms with Gasteiger partial charge in [0.2, 0.25) is 10.0 Å². The van der Waals surface area contributed by atoms with Crippen LogP contribution < -0.4 is 5.32 Å². The van der Waals surface area contributed by atoms with Gasteiger partial charge in [0.15, 0.2) is 0 Å². The van der Waals surface area contributed by atoms with Crippen LogP contribution >= 0.6 is 0 Å². The van der Waals surface area contributed by atoms with Crippen LogP contribution in [0.1, 0.15) is 34.9 Å². The molecule has 1 fully saturated rings. The van der Waals surface area contributed by atoms with Crippen molar-refractivity contribution < 1.29 is 13.2 Å². The maximum Gasteiger partial charge on any atom is 0.269 e. The molecule has 1 aliphatic rings. The minimum atomic E-state index is -3.11. The van der Waals surface area contributed by atoms with Gasteiger partial charge in [0.05, 0.1) is 6.26 Å². The van der Waals surface area contributed by atoms with Gasteiger partial charge in [-0.1, -0.05) is 6.07 Å². The average Bonchev–Trinajstić information content (AvgIpc) is 2.46.